The van der Waals surface area contributed by atoms with Crippen LogP contribution in [0.15, 0.2) is 9.59 Å². The van der Waals surface area contributed by atoms with Gasteiger partial charge in [0, 0.05) is 6.61 Å². The third kappa shape index (κ3) is 1.85. The van der Waals surface area contributed by atoms with Gasteiger partial charge in [-0.2, -0.15) is 0 Å². The number of H-pyrrole nitrogens is 2. The summed E-state index contributed by atoms with van der Waals surface area (Å²) in [6, 6.07) is 0. The molecule has 0 aromatic carbocycles. The van der Waals surface area contributed by atoms with Crippen molar-refractivity contribution in [3.8, 4) is 0 Å². The summed E-state index contributed by atoms with van der Waals surface area (Å²) in [5, 5.41) is 8.87. The maximum absolute atomic E-state index is 11.4. The van der Waals surface area contributed by atoms with E-state index in [0.717, 1.165) is 6.42 Å². The topological polar surface area (TPSA) is 99.9 Å². The molecule has 2 rings (SSSR count). The first kappa shape index (κ1) is 10.9. The van der Waals surface area contributed by atoms with E-state index in [1.54, 1.807) is 0 Å². The molecule has 7 heteroatoms. The molecule has 7 nitrogen and oxygen atoms in total. The van der Waals surface area contributed by atoms with Crippen molar-refractivity contribution in [3.63, 3.8) is 0 Å². The van der Waals surface area contributed by atoms with Crippen molar-refractivity contribution in [2.45, 2.75) is 31.9 Å². The molecule has 1 fully saturated rings. The average molecular weight is 226 g/mol. The lowest BCUT2D eigenvalue weighted by atomic mass is 9.95. The summed E-state index contributed by atoms with van der Waals surface area (Å²) >= 11 is 0. The number of aromatic amines is 2. The molecular formula is C9H14N4O3. The van der Waals surface area contributed by atoms with E-state index in [9.17, 15) is 9.59 Å². The third-order valence-corrected chi connectivity index (χ3v) is 3.00. The predicted molar refractivity (Wildman–Crippen MR) is 57.5 cm³/mol. The number of aromatic nitrogens is 3. The van der Waals surface area contributed by atoms with Gasteiger partial charge in [0.1, 0.15) is 0 Å². The van der Waals surface area contributed by atoms with Crippen molar-refractivity contribution < 1.29 is 4.74 Å². The number of nitrogens with zero attached hydrogens (tertiary/aromatic N) is 1. The van der Waals surface area contributed by atoms with Gasteiger partial charge in [-0.25, -0.2) is 9.89 Å². The molecule has 0 aliphatic carbocycles. The molecule has 1 aromatic rings. The highest BCUT2D eigenvalue weighted by molar-refractivity contribution is 5.34. The quantitative estimate of drug-likeness (QED) is 0.627. The maximum Gasteiger partial charge on any atom is 0.342 e. The lowest BCUT2D eigenvalue weighted by Crippen LogP contribution is -2.44. The molecule has 2 unspecified atom stereocenters. The number of anilines is 1. The highest BCUT2D eigenvalue weighted by Gasteiger charge is 2.37. The Kier molecular flexibility index (Phi) is 2.55. The Balaban J connectivity index is 2.27. The van der Waals surface area contributed by atoms with E-state index in [-0.39, 0.29) is 17.5 Å². The molecule has 0 bridgehead atoms. The Morgan fingerprint density at radius 1 is 1.56 bits per heavy atom. The highest BCUT2D eigenvalue weighted by atomic mass is 16.5. The summed E-state index contributed by atoms with van der Waals surface area (Å²) in [6.07, 6.45) is 0.773. The molecule has 1 saturated heterocycles. The van der Waals surface area contributed by atoms with Gasteiger partial charge in [-0.15, -0.1) is 5.10 Å². The number of rotatable bonds is 2. The largest absolute Gasteiger partial charge is 0.376 e. The first-order chi connectivity index (χ1) is 7.51. The normalized spacial score (nSPS) is 29.2. The predicted octanol–water partition coefficient (Wildman–Crippen LogP) is -0.562. The lowest BCUT2D eigenvalue weighted by molar-refractivity contribution is 0.105. The minimum atomic E-state index is -0.614. The Morgan fingerprint density at radius 3 is 2.88 bits per heavy atom. The average Bonchev–Trinajstić information content (AvgIpc) is 2.52. The van der Waals surface area contributed by atoms with Crippen molar-refractivity contribution in [2.75, 3.05) is 11.9 Å². The summed E-state index contributed by atoms with van der Waals surface area (Å²) < 4.78 is 5.43. The molecule has 1 aliphatic rings. The van der Waals surface area contributed by atoms with Crippen LogP contribution in [0.25, 0.3) is 0 Å². The van der Waals surface area contributed by atoms with Crippen LogP contribution in [0.2, 0.25) is 0 Å². The molecule has 2 atom stereocenters. The fraction of sp³-hybridized carbons (Fsp3) is 0.667. The van der Waals surface area contributed by atoms with Crippen LogP contribution in [0, 0.1) is 0 Å². The zero-order valence-corrected chi connectivity index (χ0v) is 9.16. The molecule has 3 N–H and O–H groups in total. The first-order valence-corrected chi connectivity index (χ1v) is 5.10. The molecule has 0 spiro atoms. The second kappa shape index (κ2) is 3.75. The van der Waals surface area contributed by atoms with Crippen molar-refractivity contribution in [2.24, 2.45) is 0 Å². The van der Waals surface area contributed by atoms with Crippen molar-refractivity contribution in [1.82, 2.24) is 15.2 Å². The zero-order valence-electron chi connectivity index (χ0n) is 9.16. The molecule has 0 saturated carbocycles. The van der Waals surface area contributed by atoms with E-state index < -0.39 is 11.2 Å². The van der Waals surface area contributed by atoms with Crippen LogP contribution in [0.3, 0.4) is 0 Å². The number of nitrogens with one attached hydrogen (secondary N) is 3. The van der Waals surface area contributed by atoms with Crippen LogP contribution < -0.4 is 16.6 Å². The van der Waals surface area contributed by atoms with Gasteiger partial charge < -0.3 is 10.1 Å². The SMILES string of the molecule is CC1OCCC1(C)Nc1n[nH]c(=O)[nH]c1=O. The number of hydrogen-bond acceptors (Lipinski definition) is 5. The first-order valence-electron chi connectivity index (χ1n) is 5.10. The lowest BCUT2D eigenvalue weighted by Gasteiger charge is -2.28. The van der Waals surface area contributed by atoms with Crippen molar-refractivity contribution in [3.05, 3.63) is 20.8 Å². The van der Waals surface area contributed by atoms with Crippen LogP contribution >= 0.6 is 0 Å². The highest BCUT2D eigenvalue weighted by Crippen LogP contribution is 2.27. The van der Waals surface area contributed by atoms with E-state index in [0.29, 0.717) is 6.61 Å². The minimum absolute atomic E-state index is 0.0133. The Morgan fingerprint density at radius 2 is 2.31 bits per heavy atom. The second-order valence-electron chi connectivity index (χ2n) is 4.16. The Hall–Kier alpha value is -1.63. The number of ether oxygens (including phenoxy) is 1. The minimum Gasteiger partial charge on any atom is -0.376 e. The number of hydrogen-bond donors (Lipinski definition) is 3. The van der Waals surface area contributed by atoms with E-state index in [2.05, 4.69) is 20.5 Å². The summed E-state index contributed by atoms with van der Waals surface area (Å²) in [5.41, 5.74) is -1.47. The van der Waals surface area contributed by atoms with Gasteiger partial charge in [0.2, 0.25) is 5.82 Å². The molecule has 2 heterocycles. The zero-order chi connectivity index (χ0) is 11.8. The summed E-state index contributed by atoms with van der Waals surface area (Å²) in [7, 11) is 0. The summed E-state index contributed by atoms with van der Waals surface area (Å²) in [4.78, 5) is 24.3. The Bertz CT molecular complexity index is 494. The van der Waals surface area contributed by atoms with Crippen LogP contribution in [0.5, 0.6) is 0 Å². The molecule has 1 aliphatic heterocycles. The van der Waals surface area contributed by atoms with Gasteiger partial charge in [0.15, 0.2) is 0 Å². The van der Waals surface area contributed by atoms with Gasteiger partial charge in [0.25, 0.3) is 5.56 Å². The standard InChI is InChI=1S/C9H14N4O3/c1-5-9(2,3-4-16-5)11-6-7(14)10-8(15)13-12-6/h5H,3-4H2,1-2H3,(H,11,12)(H2,10,13,14,15). The van der Waals surface area contributed by atoms with Gasteiger partial charge in [-0.1, -0.05) is 0 Å². The van der Waals surface area contributed by atoms with Gasteiger partial charge in [-0.05, 0) is 20.3 Å². The molecule has 0 amide bonds. The van der Waals surface area contributed by atoms with E-state index in [1.807, 2.05) is 13.8 Å². The fourth-order valence-corrected chi connectivity index (χ4v) is 1.70. The third-order valence-electron chi connectivity index (χ3n) is 3.00. The summed E-state index contributed by atoms with van der Waals surface area (Å²) in [6.45, 7) is 4.53. The smallest absolute Gasteiger partial charge is 0.342 e. The van der Waals surface area contributed by atoms with Gasteiger partial charge in [0.05, 0.1) is 11.6 Å². The van der Waals surface area contributed by atoms with Crippen LogP contribution in [-0.2, 0) is 4.74 Å². The van der Waals surface area contributed by atoms with Gasteiger partial charge >= 0.3 is 5.69 Å². The second-order valence-corrected chi connectivity index (χ2v) is 4.16. The summed E-state index contributed by atoms with van der Waals surface area (Å²) in [5.74, 6) is 0.111. The van der Waals surface area contributed by atoms with E-state index in [4.69, 9.17) is 4.74 Å². The van der Waals surface area contributed by atoms with E-state index >= 15 is 0 Å². The fourth-order valence-electron chi connectivity index (χ4n) is 1.70. The molecule has 1 aromatic heterocycles. The van der Waals surface area contributed by atoms with Crippen LogP contribution in [0.1, 0.15) is 20.3 Å². The van der Waals surface area contributed by atoms with Crippen LogP contribution in [0.4, 0.5) is 5.82 Å². The monoisotopic (exact) mass is 226 g/mol. The maximum atomic E-state index is 11.4. The van der Waals surface area contributed by atoms with Crippen molar-refractivity contribution in [1.29, 1.82) is 0 Å². The molecular weight excluding hydrogens is 212 g/mol. The van der Waals surface area contributed by atoms with Crippen molar-refractivity contribution >= 4 is 5.82 Å². The molecule has 16 heavy (non-hydrogen) atoms. The molecule has 88 valence electrons. The van der Waals surface area contributed by atoms with E-state index in [1.165, 1.54) is 0 Å². The van der Waals surface area contributed by atoms with Crippen LogP contribution in [-0.4, -0.2) is 33.4 Å². The van der Waals surface area contributed by atoms with Gasteiger partial charge in [-0.3, -0.25) is 9.78 Å². The Labute approximate surface area is 91.2 Å². The molecule has 0 radical (unpaired) electrons.